The first-order valence-corrected chi connectivity index (χ1v) is 5.45. The lowest BCUT2D eigenvalue weighted by atomic mass is 10.2. The molecule has 0 aliphatic heterocycles. The normalized spacial score (nSPS) is 10.8. The predicted octanol–water partition coefficient (Wildman–Crippen LogP) is 3.78. The third-order valence-electron chi connectivity index (χ3n) is 2.28. The number of halogens is 2. The van der Waals surface area contributed by atoms with Crippen molar-refractivity contribution in [3.63, 3.8) is 0 Å². The first-order valence-electron chi connectivity index (χ1n) is 5.45. The van der Waals surface area contributed by atoms with Gasteiger partial charge in [0.15, 0.2) is 0 Å². The Bertz CT molecular complexity index is 329. The van der Waals surface area contributed by atoms with E-state index in [4.69, 9.17) is 10.5 Å². The van der Waals surface area contributed by atoms with Gasteiger partial charge in [0.1, 0.15) is 5.75 Å². The monoisotopic (exact) mass is 229 g/mol. The Balaban J connectivity index is 2.65. The maximum Gasteiger partial charge on any atom is 0.267 e. The Morgan fingerprint density at radius 2 is 2.06 bits per heavy atom. The summed E-state index contributed by atoms with van der Waals surface area (Å²) in [6, 6.07) is 4.23. The first kappa shape index (κ1) is 12.7. The molecule has 0 bridgehead atoms. The van der Waals surface area contributed by atoms with E-state index in [1.165, 1.54) is 18.2 Å². The Morgan fingerprint density at radius 1 is 1.31 bits per heavy atom. The molecule has 1 aromatic carbocycles. The van der Waals surface area contributed by atoms with Gasteiger partial charge < -0.3 is 10.5 Å². The number of unbranched alkanes of at least 4 members (excludes halogenated alkanes) is 2. The zero-order chi connectivity index (χ0) is 12.0. The maximum absolute atomic E-state index is 12.6. The zero-order valence-corrected chi connectivity index (χ0v) is 9.38. The minimum atomic E-state index is -2.53. The van der Waals surface area contributed by atoms with Crippen molar-refractivity contribution in [2.75, 3.05) is 12.3 Å². The number of anilines is 1. The van der Waals surface area contributed by atoms with Crippen molar-refractivity contribution in [2.45, 2.75) is 32.6 Å². The minimum Gasteiger partial charge on any atom is -0.493 e. The fourth-order valence-corrected chi connectivity index (χ4v) is 1.39. The van der Waals surface area contributed by atoms with Crippen LogP contribution in [0.15, 0.2) is 18.2 Å². The molecule has 0 saturated heterocycles. The van der Waals surface area contributed by atoms with Gasteiger partial charge in [0.25, 0.3) is 6.43 Å². The second kappa shape index (κ2) is 6.30. The number of hydrogen-bond acceptors (Lipinski definition) is 2. The van der Waals surface area contributed by atoms with Crippen LogP contribution in [0.2, 0.25) is 0 Å². The average Bonchev–Trinajstić information content (AvgIpc) is 2.24. The summed E-state index contributed by atoms with van der Waals surface area (Å²) in [5.74, 6) is 0.200. The fraction of sp³-hybridized carbons (Fsp3) is 0.500. The summed E-state index contributed by atoms with van der Waals surface area (Å²) in [7, 11) is 0. The van der Waals surface area contributed by atoms with Crippen LogP contribution in [0.25, 0.3) is 0 Å². The van der Waals surface area contributed by atoms with E-state index in [1.807, 2.05) is 0 Å². The highest BCUT2D eigenvalue weighted by molar-refractivity contribution is 5.48. The number of rotatable bonds is 6. The van der Waals surface area contributed by atoms with Gasteiger partial charge in [-0.2, -0.15) is 0 Å². The molecule has 0 spiro atoms. The molecule has 0 heterocycles. The number of ether oxygens (including phenoxy) is 1. The van der Waals surface area contributed by atoms with Gasteiger partial charge in [0, 0.05) is 11.8 Å². The molecule has 2 N–H and O–H groups in total. The third kappa shape index (κ3) is 3.68. The standard InChI is InChI=1S/C12H17F2NO/c1-2-3-4-7-16-11-8-9(15)5-6-10(11)12(13)14/h5-6,8,12H,2-4,7,15H2,1H3. The van der Waals surface area contributed by atoms with Crippen LogP contribution in [0.4, 0.5) is 14.5 Å². The molecule has 1 rings (SSSR count). The summed E-state index contributed by atoms with van der Waals surface area (Å²) in [4.78, 5) is 0. The molecule has 0 aliphatic carbocycles. The molecule has 16 heavy (non-hydrogen) atoms. The average molecular weight is 229 g/mol. The highest BCUT2D eigenvalue weighted by Gasteiger charge is 2.13. The molecule has 0 amide bonds. The van der Waals surface area contributed by atoms with Gasteiger partial charge >= 0.3 is 0 Å². The largest absolute Gasteiger partial charge is 0.493 e. The van der Waals surface area contributed by atoms with E-state index >= 15 is 0 Å². The van der Waals surface area contributed by atoms with Gasteiger partial charge in [0.2, 0.25) is 0 Å². The van der Waals surface area contributed by atoms with Crippen LogP contribution in [-0.4, -0.2) is 6.61 Å². The van der Waals surface area contributed by atoms with Crippen LogP contribution >= 0.6 is 0 Å². The van der Waals surface area contributed by atoms with Crippen molar-refractivity contribution in [1.82, 2.24) is 0 Å². The van der Waals surface area contributed by atoms with Crippen LogP contribution in [0.5, 0.6) is 5.75 Å². The van der Waals surface area contributed by atoms with Crippen molar-refractivity contribution in [3.05, 3.63) is 23.8 Å². The molecule has 4 heteroatoms. The van der Waals surface area contributed by atoms with Crippen LogP contribution in [0.3, 0.4) is 0 Å². The first-order chi connectivity index (χ1) is 7.65. The summed E-state index contributed by atoms with van der Waals surface area (Å²) in [5, 5.41) is 0. The Morgan fingerprint density at radius 3 is 2.69 bits per heavy atom. The zero-order valence-electron chi connectivity index (χ0n) is 9.38. The van der Waals surface area contributed by atoms with Crippen molar-refractivity contribution < 1.29 is 13.5 Å². The quantitative estimate of drug-likeness (QED) is 0.595. The number of hydrogen-bond donors (Lipinski definition) is 1. The smallest absolute Gasteiger partial charge is 0.267 e. The summed E-state index contributed by atoms with van der Waals surface area (Å²) in [6.07, 6.45) is 0.448. The highest BCUT2D eigenvalue weighted by atomic mass is 19.3. The molecule has 0 aromatic heterocycles. The lowest BCUT2D eigenvalue weighted by Crippen LogP contribution is -2.01. The van der Waals surface area contributed by atoms with E-state index in [9.17, 15) is 8.78 Å². The maximum atomic E-state index is 12.6. The minimum absolute atomic E-state index is 0.0919. The lowest BCUT2D eigenvalue weighted by molar-refractivity contribution is 0.145. The molecule has 1 aromatic rings. The Kier molecular flexibility index (Phi) is 5.02. The van der Waals surface area contributed by atoms with Crippen LogP contribution in [0.1, 0.15) is 38.2 Å². The van der Waals surface area contributed by atoms with E-state index in [-0.39, 0.29) is 11.3 Å². The molecular weight excluding hydrogens is 212 g/mol. The topological polar surface area (TPSA) is 35.2 Å². The molecular formula is C12H17F2NO. The number of alkyl halides is 2. The number of benzene rings is 1. The van der Waals surface area contributed by atoms with E-state index < -0.39 is 6.43 Å². The number of nitrogen functional groups attached to an aromatic ring is 1. The molecule has 0 aliphatic rings. The molecule has 0 atom stereocenters. The van der Waals surface area contributed by atoms with Crippen molar-refractivity contribution in [1.29, 1.82) is 0 Å². The van der Waals surface area contributed by atoms with Crippen LogP contribution in [0, 0.1) is 0 Å². The lowest BCUT2D eigenvalue weighted by Gasteiger charge is -2.11. The van der Waals surface area contributed by atoms with E-state index in [2.05, 4.69) is 6.92 Å². The van der Waals surface area contributed by atoms with Gasteiger partial charge in [-0.3, -0.25) is 0 Å². The van der Waals surface area contributed by atoms with Gasteiger partial charge in [-0.05, 0) is 18.6 Å². The Labute approximate surface area is 94.4 Å². The predicted molar refractivity (Wildman–Crippen MR) is 60.8 cm³/mol. The molecule has 0 fully saturated rings. The summed E-state index contributed by atoms with van der Waals surface area (Å²) >= 11 is 0. The van der Waals surface area contributed by atoms with Crippen molar-refractivity contribution in [2.24, 2.45) is 0 Å². The van der Waals surface area contributed by atoms with Crippen LogP contribution in [-0.2, 0) is 0 Å². The van der Waals surface area contributed by atoms with Crippen LogP contribution < -0.4 is 10.5 Å². The number of nitrogens with two attached hydrogens (primary N) is 1. The van der Waals surface area contributed by atoms with E-state index in [0.29, 0.717) is 12.3 Å². The summed E-state index contributed by atoms with van der Waals surface area (Å²) in [5.41, 5.74) is 5.88. The SMILES string of the molecule is CCCCCOc1cc(N)ccc1C(F)F. The van der Waals surface area contributed by atoms with E-state index in [1.54, 1.807) is 0 Å². The van der Waals surface area contributed by atoms with Gasteiger partial charge in [-0.1, -0.05) is 19.8 Å². The third-order valence-corrected chi connectivity index (χ3v) is 2.28. The fourth-order valence-electron chi connectivity index (χ4n) is 1.39. The Hall–Kier alpha value is -1.32. The highest BCUT2D eigenvalue weighted by Crippen LogP contribution is 2.30. The molecule has 0 radical (unpaired) electrons. The van der Waals surface area contributed by atoms with E-state index in [0.717, 1.165) is 19.3 Å². The van der Waals surface area contributed by atoms with Crippen molar-refractivity contribution in [3.8, 4) is 5.75 Å². The van der Waals surface area contributed by atoms with Gasteiger partial charge in [0.05, 0.1) is 12.2 Å². The molecule has 90 valence electrons. The molecule has 2 nitrogen and oxygen atoms in total. The summed E-state index contributed by atoms with van der Waals surface area (Å²) in [6.45, 7) is 2.53. The van der Waals surface area contributed by atoms with Gasteiger partial charge in [-0.25, -0.2) is 8.78 Å². The second-order valence-corrected chi connectivity index (χ2v) is 3.65. The second-order valence-electron chi connectivity index (χ2n) is 3.65. The van der Waals surface area contributed by atoms with Crippen molar-refractivity contribution >= 4 is 5.69 Å². The molecule has 0 unspecified atom stereocenters. The molecule has 0 saturated carbocycles. The summed E-state index contributed by atoms with van der Waals surface area (Å²) < 4.78 is 30.5. The van der Waals surface area contributed by atoms with Gasteiger partial charge in [-0.15, -0.1) is 0 Å².